The molecule has 2 heteroatoms. The molecule has 0 aliphatic carbocycles. The zero-order valence-electron chi connectivity index (χ0n) is 10.9. The van der Waals surface area contributed by atoms with Gasteiger partial charge in [0.1, 0.15) is 11.8 Å². The summed E-state index contributed by atoms with van der Waals surface area (Å²) in [4.78, 5) is 13.2. The highest BCUT2D eigenvalue weighted by atomic mass is 16.1. The predicted molar refractivity (Wildman–Crippen MR) is 68.9 cm³/mol. The molecule has 1 aromatic carbocycles. The largest absolute Gasteiger partial charge is 0.326 e. The van der Waals surface area contributed by atoms with Gasteiger partial charge in [0.25, 0.3) is 0 Å². The smallest absolute Gasteiger partial charge is 0.147 e. The molecular weight excluding hydrogens is 210 g/mol. The number of hydrogen-bond donors (Lipinski definition) is 1. The molecule has 2 rings (SSSR count). The Morgan fingerprint density at radius 3 is 2.53 bits per heavy atom. The number of quaternary nitrogens is 1. The number of ketones is 1. The number of likely N-dealkylation sites (tertiary alicyclic amines) is 1. The zero-order chi connectivity index (χ0) is 12.4. The van der Waals surface area contributed by atoms with Gasteiger partial charge in [-0.05, 0) is 13.8 Å². The number of carbonyl (C=O) groups excluding carboxylic acids is 1. The standard InChI is InChI=1S/C15H21NO/c1-11-10-16(12(2)9-15(11)17)13(3)14-7-5-4-6-8-14/h4-8,11-13H,9-10H2,1-3H3/p+1/t11-,12+,13+/m1/s1. The van der Waals surface area contributed by atoms with Gasteiger partial charge in [-0.3, -0.25) is 4.79 Å². The Balaban J connectivity index is 2.14. The van der Waals surface area contributed by atoms with Crippen LogP contribution in [0.2, 0.25) is 0 Å². The number of nitrogens with one attached hydrogen (secondary N) is 1. The van der Waals surface area contributed by atoms with E-state index in [1.54, 1.807) is 4.90 Å². The highest BCUT2D eigenvalue weighted by Gasteiger charge is 2.35. The molecular formula is C15H22NO+. The summed E-state index contributed by atoms with van der Waals surface area (Å²) in [5.74, 6) is 0.647. The van der Waals surface area contributed by atoms with Crippen LogP contribution < -0.4 is 4.90 Å². The maximum Gasteiger partial charge on any atom is 0.147 e. The maximum atomic E-state index is 11.7. The normalized spacial score (nSPS) is 31.2. The molecule has 1 aliphatic heterocycles. The number of Topliss-reactive ketones (excluding diaryl/α,β-unsaturated/α-hetero) is 1. The van der Waals surface area contributed by atoms with Crippen molar-refractivity contribution in [2.24, 2.45) is 5.92 Å². The van der Waals surface area contributed by atoms with Gasteiger partial charge >= 0.3 is 0 Å². The molecule has 1 N–H and O–H groups in total. The van der Waals surface area contributed by atoms with Crippen LogP contribution in [0.1, 0.15) is 38.8 Å². The first kappa shape index (κ1) is 12.3. The van der Waals surface area contributed by atoms with Gasteiger partial charge in [-0.2, -0.15) is 0 Å². The predicted octanol–water partition coefficient (Wildman–Crippen LogP) is 1.63. The summed E-state index contributed by atoms with van der Waals surface area (Å²) < 4.78 is 0. The van der Waals surface area contributed by atoms with Crippen molar-refractivity contribution < 1.29 is 9.69 Å². The lowest BCUT2D eigenvalue weighted by molar-refractivity contribution is -0.956. The summed E-state index contributed by atoms with van der Waals surface area (Å²) in [6.07, 6.45) is 0.730. The highest BCUT2D eigenvalue weighted by molar-refractivity contribution is 5.81. The third-order valence-corrected chi connectivity index (χ3v) is 4.09. The van der Waals surface area contributed by atoms with Crippen LogP contribution in [-0.4, -0.2) is 18.4 Å². The van der Waals surface area contributed by atoms with E-state index in [9.17, 15) is 4.79 Å². The van der Waals surface area contributed by atoms with E-state index in [0.29, 0.717) is 17.9 Å². The van der Waals surface area contributed by atoms with E-state index in [0.717, 1.165) is 13.0 Å². The maximum absolute atomic E-state index is 11.7. The second kappa shape index (κ2) is 5.01. The Hall–Kier alpha value is -1.15. The van der Waals surface area contributed by atoms with Gasteiger partial charge in [-0.1, -0.05) is 37.3 Å². The van der Waals surface area contributed by atoms with Crippen LogP contribution in [0.15, 0.2) is 30.3 Å². The van der Waals surface area contributed by atoms with Crippen LogP contribution in [0, 0.1) is 5.92 Å². The minimum atomic E-state index is 0.215. The SMILES string of the molecule is C[C@@H]1C[NH+]([C@@H](C)c2ccccc2)[C@@H](C)CC1=O. The number of rotatable bonds is 2. The first-order valence-electron chi connectivity index (χ1n) is 6.53. The lowest BCUT2D eigenvalue weighted by atomic mass is 9.91. The summed E-state index contributed by atoms with van der Waals surface area (Å²) in [6.45, 7) is 7.49. The molecule has 1 saturated heterocycles. The van der Waals surface area contributed by atoms with Gasteiger partial charge in [0.05, 0.1) is 24.9 Å². The minimum Gasteiger partial charge on any atom is -0.326 e. The van der Waals surface area contributed by atoms with Crippen molar-refractivity contribution in [3.63, 3.8) is 0 Å². The lowest BCUT2D eigenvalue weighted by Crippen LogP contribution is -3.17. The molecule has 1 fully saturated rings. The molecule has 1 unspecified atom stereocenters. The van der Waals surface area contributed by atoms with Crippen molar-refractivity contribution in [1.29, 1.82) is 0 Å². The van der Waals surface area contributed by atoms with Crippen LogP contribution in [0.5, 0.6) is 0 Å². The second-order valence-electron chi connectivity index (χ2n) is 5.38. The van der Waals surface area contributed by atoms with E-state index in [1.165, 1.54) is 5.56 Å². The molecule has 17 heavy (non-hydrogen) atoms. The molecule has 1 aliphatic rings. The van der Waals surface area contributed by atoms with Gasteiger partial charge in [0, 0.05) is 5.56 Å². The van der Waals surface area contributed by atoms with Crippen LogP contribution in [0.3, 0.4) is 0 Å². The topological polar surface area (TPSA) is 21.5 Å². The number of piperidine rings is 1. The Morgan fingerprint density at radius 2 is 1.88 bits per heavy atom. The fraction of sp³-hybridized carbons (Fsp3) is 0.533. The molecule has 2 nitrogen and oxygen atoms in total. The third kappa shape index (κ3) is 2.58. The minimum absolute atomic E-state index is 0.215. The van der Waals surface area contributed by atoms with Crippen molar-refractivity contribution in [3.8, 4) is 0 Å². The van der Waals surface area contributed by atoms with E-state index < -0.39 is 0 Å². The van der Waals surface area contributed by atoms with E-state index >= 15 is 0 Å². The fourth-order valence-electron chi connectivity index (χ4n) is 2.86. The molecule has 0 radical (unpaired) electrons. The lowest BCUT2D eigenvalue weighted by Gasteiger charge is -2.37. The zero-order valence-corrected chi connectivity index (χ0v) is 10.9. The molecule has 0 spiro atoms. The Bertz CT molecular complexity index is 387. The molecule has 92 valence electrons. The average molecular weight is 232 g/mol. The van der Waals surface area contributed by atoms with Crippen LogP contribution in [0.4, 0.5) is 0 Å². The van der Waals surface area contributed by atoms with E-state index in [1.807, 2.05) is 0 Å². The first-order valence-corrected chi connectivity index (χ1v) is 6.53. The Morgan fingerprint density at radius 1 is 1.24 bits per heavy atom. The molecule has 0 saturated carbocycles. The van der Waals surface area contributed by atoms with Gasteiger partial charge < -0.3 is 4.90 Å². The summed E-state index contributed by atoms with van der Waals surface area (Å²) in [5.41, 5.74) is 1.37. The number of hydrogen-bond acceptors (Lipinski definition) is 1. The second-order valence-corrected chi connectivity index (χ2v) is 5.38. The van der Waals surface area contributed by atoms with Crippen LogP contribution in [0.25, 0.3) is 0 Å². The summed E-state index contributed by atoms with van der Waals surface area (Å²) >= 11 is 0. The summed E-state index contributed by atoms with van der Waals surface area (Å²) in [7, 11) is 0. The van der Waals surface area contributed by atoms with Gasteiger partial charge in [0.2, 0.25) is 0 Å². The molecule has 1 aromatic rings. The van der Waals surface area contributed by atoms with Crippen molar-refractivity contribution >= 4 is 5.78 Å². The van der Waals surface area contributed by atoms with Gasteiger partial charge in [-0.25, -0.2) is 0 Å². The highest BCUT2D eigenvalue weighted by Crippen LogP contribution is 2.13. The van der Waals surface area contributed by atoms with E-state index in [-0.39, 0.29) is 5.92 Å². The van der Waals surface area contributed by atoms with E-state index in [2.05, 4.69) is 51.1 Å². The van der Waals surface area contributed by atoms with Crippen LogP contribution >= 0.6 is 0 Å². The van der Waals surface area contributed by atoms with Crippen LogP contribution in [-0.2, 0) is 4.79 Å². The van der Waals surface area contributed by atoms with Crippen molar-refractivity contribution in [1.82, 2.24) is 0 Å². The third-order valence-electron chi connectivity index (χ3n) is 4.09. The molecule has 1 heterocycles. The van der Waals surface area contributed by atoms with Crippen molar-refractivity contribution in [2.45, 2.75) is 39.3 Å². The Kier molecular flexibility index (Phi) is 3.63. The average Bonchev–Trinajstić information content (AvgIpc) is 2.34. The quantitative estimate of drug-likeness (QED) is 0.822. The van der Waals surface area contributed by atoms with Crippen molar-refractivity contribution in [3.05, 3.63) is 35.9 Å². The number of carbonyl (C=O) groups is 1. The molecule has 4 atom stereocenters. The monoisotopic (exact) mass is 232 g/mol. The summed E-state index contributed by atoms with van der Waals surface area (Å²) in [6, 6.07) is 11.5. The van der Waals surface area contributed by atoms with Crippen molar-refractivity contribution in [2.75, 3.05) is 6.54 Å². The van der Waals surface area contributed by atoms with Gasteiger partial charge in [-0.15, -0.1) is 0 Å². The fourth-order valence-corrected chi connectivity index (χ4v) is 2.86. The number of benzene rings is 1. The van der Waals surface area contributed by atoms with E-state index in [4.69, 9.17) is 0 Å². The molecule has 0 bridgehead atoms. The Labute approximate surface area is 104 Å². The first-order chi connectivity index (χ1) is 8.09. The van der Waals surface area contributed by atoms with Gasteiger partial charge in [0.15, 0.2) is 0 Å². The molecule has 0 amide bonds. The summed E-state index contributed by atoms with van der Waals surface area (Å²) in [5, 5.41) is 0. The molecule has 0 aromatic heterocycles.